The first-order valence-electron chi connectivity index (χ1n) is 8.19. The molecule has 0 aliphatic carbocycles. The van der Waals surface area contributed by atoms with E-state index in [2.05, 4.69) is 44.7 Å². The molecule has 0 amide bonds. The molecule has 0 atom stereocenters. The topological polar surface area (TPSA) is 41.9 Å². The number of thiocarbonyl (C=S) groups is 1. The Kier molecular flexibility index (Phi) is 6.00. The minimum absolute atomic E-state index is 0.248. The zero-order valence-corrected chi connectivity index (χ0v) is 16.6. The molecule has 0 bridgehead atoms. The van der Waals surface area contributed by atoms with Gasteiger partial charge in [0.25, 0.3) is 0 Å². The second-order valence-electron chi connectivity index (χ2n) is 5.70. The highest BCUT2D eigenvalue weighted by Crippen LogP contribution is 2.22. The number of rotatable bonds is 5. The first-order chi connectivity index (χ1) is 12.6. The van der Waals surface area contributed by atoms with Gasteiger partial charge in [-0.05, 0) is 52.3 Å². The van der Waals surface area contributed by atoms with Crippen molar-refractivity contribution in [3.8, 4) is 0 Å². The van der Waals surface area contributed by atoms with Gasteiger partial charge in [0.1, 0.15) is 5.82 Å². The standard InChI is InChI=1S/C19H18BrFN4S/c1-2-13-7-4-6-10-17(13)22-19(26)23-18-15(20)12-25(24-18)11-14-8-3-5-9-16(14)21/h3-10,12H,2,11H2,1H3,(H2,22,23,24,26). The van der Waals surface area contributed by atoms with Crippen LogP contribution in [0.4, 0.5) is 15.9 Å². The minimum Gasteiger partial charge on any atom is -0.332 e. The van der Waals surface area contributed by atoms with E-state index in [1.54, 1.807) is 29.1 Å². The van der Waals surface area contributed by atoms with Crippen molar-refractivity contribution in [3.63, 3.8) is 0 Å². The fourth-order valence-corrected chi connectivity index (χ4v) is 3.20. The molecular weight excluding hydrogens is 415 g/mol. The number of para-hydroxylation sites is 1. The first-order valence-corrected chi connectivity index (χ1v) is 9.39. The average Bonchev–Trinajstić information content (AvgIpc) is 2.96. The molecule has 0 aliphatic rings. The SMILES string of the molecule is CCc1ccccc1NC(=S)Nc1nn(Cc2ccccc2F)cc1Br. The predicted molar refractivity (Wildman–Crippen MR) is 111 cm³/mol. The summed E-state index contributed by atoms with van der Waals surface area (Å²) in [5.41, 5.74) is 2.72. The quantitative estimate of drug-likeness (QED) is 0.543. The molecule has 0 unspecified atom stereocenters. The molecule has 1 heterocycles. The Labute approximate surface area is 165 Å². The van der Waals surface area contributed by atoms with E-state index >= 15 is 0 Å². The summed E-state index contributed by atoms with van der Waals surface area (Å²) in [5, 5.41) is 11.2. The van der Waals surface area contributed by atoms with Gasteiger partial charge in [-0.25, -0.2) is 4.39 Å². The lowest BCUT2D eigenvalue weighted by Gasteiger charge is -2.12. The molecule has 4 nitrogen and oxygen atoms in total. The zero-order chi connectivity index (χ0) is 18.5. The predicted octanol–water partition coefficient (Wildman–Crippen LogP) is 5.20. The van der Waals surface area contributed by atoms with E-state index in [0.717, 1.165) is 16.6 Å². The fraction of sp³-hybridized carbons (Fsp3) is 0.158. The number of aryl methyl sites for hydroxylation is 1. The summed E-state index contributed by atoms with van der Waals surface area (Å²) in [6, 6.07) is 14.7. The van der Waals surface area contributed by atoms with Crippen LogP contribution in [0, 0.1) is 5.82 Å². The Hall–Kier alpha value is -2.25. The number of nitrogens with one attached hydrogen (secondary N) is 2. The maximum absolute atomic E-state index is 13.8. The third kappa shape index (κ3) is 4.47. The molecule has 3 rings (SSSR count). The number of nitrogens with zero attached hydrogens (tertiary/aromatic N) is 2. The van der Waals surface area contributed by atoms with Crippen LogP contribution in [0.5, 0.6) is 0 Å². The molecular formula is C19H18BrFN4S. The number of hydrogen-bond acceptors (Lipinski definition) is 2. The Morgan fingerprint density at radius 1 is 1.12 bits per heavy atom. The largest absolute Gasteiger partial charge is 0.332 e. The van der Waals surface area contributed by atoms with Crippen molar-refractivity contribution in [3.05, 3.63) is 76.1 Å². The van der Waals surface area contributed by atoms with Gasteiger partial charge in [-0.1, -0.05) is 43.3 Å². The van der Waals surface area contributed by atoms with Gasteiger partial charge in [0.2, 0.25) is 0 Å². The van der Waals surface area contributed by atoms with Gasteiger partial charge >= 0.3 is 0 Å². The average molecular weight is 433 g/mol. The van der Waals surface area contributed by atoms with E-state index in [1.807, 2.05) is 18.2 Å². The van der Waals surface area contributed by atoms with Crippen LogP contribution in [0.2, 0.25) is 0 Å². The maximum atomic E-state index is 13.8. The van der Waals surface area contributed by atoms with Gasteiger partial charge < -0.3 is 10.6 Å². The Morgan fingerprint density at radius 3 is 2.54 bits per heavy atom. The first kappa shape index (κ1) is 18.5. The number of aromatic nitrogens is 2. The summed E-state index contributed by atoms with van der Waals surface area (Å²) in [7, 11) is 0. The van der Waals surface area contributed by atoms with E-state index in [1.165, 1.54) is 11.6 Å². The highest BCUT2D eigenvalue weighted by Gasteiger charge is 2.11. The molecule has 1 aromatic heterocycles. The molecule has 0 fully saturated rings. The van der Waals surface area contributed by atoms with Gasteiger partial charge in [-0.15, -0.1) is 0 Å². The van der Waals surface area contributed by atoms with E-state index in [4.69, 9.17) is 12.2 Å². The number of benzene rings is 2. The molecule has 0 saturated carbocycles. The Bertz CT molecular complexity index is 925. The maximum Gasteiger partial charge on any atom is 0.176 e. The lowest BCUT2D eigenvalue weighted by molar-refractivity contribution is 0.586. The van der Waals surface area contributed by atoms with Crippen LogP contribution in [0.25, 0.3) is 0 Å². The van der Waals surface area contributed by atoms with Gasteiger partial charge in [0.05, 0.1) is 11.0 Å². The smallest absolute Gasteiger partial charge is 0.176 e. The van der Waals surface area contributed by atoms with Crippen molar-refractivity contribution in [1.82, 2.24) is 9.78 Å². The van der Waals surface area contributed by atoms with Crippen molar-refractivity contribution >= 4 is 44.8 Å². The Balaban J connectivity index is 1.69. The van der Waals surface area contributed by atoms with Crippen LogP contribution >= 0.6 is 28.1 Å². The summed E-state index contributed by atoms with van der Waals surface area (Å²) in [6.45, 7) is 2.43. The lowest BCUT2D eigenvalue weighted by atomic mass is 10.1. The van der Waals surface area contributed by atoms with Gasteiger partial charge in [0.15, 0.2) is 10.9 Å². The summed E-state index contributed by atoms with van der Waals surface area (Å²) in [6.07, 6.45) is 2.70. The fourth-order valence-electron chi connectivity index (χ4n) is 2.58. The van der Waals surface area contributed by atoms with Gasteiger partial charge in [0, 0.05) is 17.4 Å². The highest BCUT2D eigenvalue weighted by atomic mass is 79.9. The summed E-state index contributed by atoms with van der Waals surface area (Å²) >= 11 is 8.86. The lowest BCUT2D eigenvalue weighted by Crippen LogP contribution is -2.20. The summed E-state index contributed by atoms with van der Waals surface area (Å²) in [4.78, 5) is 0. The second-order valence-corrected chi connectivity index (χ2v) is 6.97. The van der Waals surface area contributed by atoms with E-state index in [0.29, 0.717) is 23.0 Å². The van der Waals surface area contributed by atoms with Crippen LogP contribution in [-0.2, 0) is 13.0 Å². The molecule has 0 aliphatic heterocycles. The van der Waals surface area contributed by atoms with Crippen LogP contribution in [0.3, 0.4) is 0 Å². The summed E-state index contributed by atoms with van der Waals surface area (Å²) < 4.78 is 16.2. The highest BCUT2D eigenvalue weighted by molar-refractivity contribution is 9.10. The third-order valence-corrected chi connectivity index (χ3v) is 4.67. The molecule has 7 heteroatoms. The van der Waals surface area contributed by atoms with E-state index in [-0.39, 0.29) is 5.82 Å². The van der Waals surface area contributed by atoms with E-state index < -0.39 is 0 Å². The van der Waals surface area contributed by atoms with Gasteiger partial charge in [-0.2, -0.15) is 5.10 Å². The number of halogens is 2. The molecule has 2 aromatic carbocycles. The van der Waals surface area contributed by atoms with Crippen molar-refractivity contribution in [2.75, 3.05) is 10.6 Å². The minimum atomic E-state index is -0.248. The van der Waals surface area contributed by atoms with Crippen molar-refractivity contribution in [2.45, 2.75) is 19.9 Å². The van der Waals surface area contributed by atoms with Crippen LogP contribution < -0.4 is 10.6 Å². The molecule has 0 spiro atoms. The monoisotopic (exact) mass is 432 g/mol. The van der Waals surface area contributed by atoms with Gasteiger partial charge in [-0.3, -0.25) is 4.68 Å². The number of anilines is 2. The van der Waals surface area contributed by atoms with E-state index in [9.17, 15) is 4.39 Å². The molecule has 2 N–H and O–H groups in total. The third-order valence-electron chi connectivity index (χ3n) is 3.89. The van der Waals surface area contributed by atoms with Crippen LogP contribution in [0.1, 0.15) is 18.1 Å². The van der Waals surface area contributed by atoms with Crippen LogP contribution in [-0.4, -0.2) is 14.9 Å². The molecule has 134 valence electrons. The van der Waals surface area contributed by atoms with Crippen molar-refractivity contribution in [2.24, 2.45) is 0 Å². The number of hydrogen-bond donors (Lipinski definition) is 2. The van der Waals surface area contributed by atoms with Crippen molar-refractivity contribution in [1.29, 1.82) is 0 Å². The molecule has 3 aromatic rings. The van der Waals surface area contributed by atoms with Crippen molar-refractivity contribution < 1.29 is 4.39 Å². The zero-order valence-electron chi connectivity index (χ0n) is 14.2. The Morgan fingerprint density at radius 2 is 1.81 bits per heavy atom. The van der Waals surface area contributed by atoms with Crippen LogP contribution in [0.15, 0.2) is 59.2 Å². The molecule has 26 heavy (non-hydrogen) atoms. The molecule has 0 saturated heterocycles. The normalized spacial score (nSPS) is 10.6. The summed E-state index contributed by atoms with van der Waals surface area (Å²) in [5.74, 6) is 0.329. The second kappa shape index (κ2) is 8.42. The molecule has 0 radical (unpaired) electrons.